The van der Waals surface area contributed by atoms with Gasteiger partial charge in [0.25, 0.3) is 0 Å². The Balaban J connectivity index is 3.87. The first-order valence-corrected chi connectivity index (χ1v) is 5.96. The van der Waals surface area contributed by atoms with Crippen LogP contribution in [-0.2, 0) is 14.6 Å². The van der Waals surface area contributed by atoms with E-state index in [4.69, 9.17) is 5.73 Å². The van der Waals surface area contributed by atoms with Gasteiger partial charge in [0, 0.05) is 6.54 Å². The highest BCUT2D eigenvalue weighted by Crippen LogP contribution is 2.14. The van der Waals surface area contributed by atoms with Crippen LogP contribution < -0.4 is 5.73 Å². The SMILES string of the molecule is CC(CN)S(=O)(=O)CCOCC(F)(F)F. The van der Waals surface area contributed by atoms with Crippen molar-refractivity contribution in [3.05, 3.63) is 0 Å². The van der Waals surface area contributed by atoms with Gasteiger partial charge in [-0.2, -0.15) is 13.2 Å². The first-order chi connectivity index (χ1) is 6.69. The van der Waals surface area contributed by atoms with E-state index in [1.165, 1.54) is 6.92 Å². The lowest BCUT2D eigenvalue weighted by molar-refractivity contribution is -0.172. The molecule has 0 spiro atoms. The van der Waals surface area contributed by atoms with E-state index < -0.39 is 40.2 Å². The zero-order valence-electron chi connectivity index (χ0n) is 8.25. The van der Waals surface area contributed by atoms with E-state index in [0.29, 0.717) is 0 Å². The van der Waals surface area contributed by atoms with Crippen molar-refractivity contribution in [3.63, 3.8) is 0 Å². The summed E-state index contributed by atoms with van der Waals surface area (Å²) in [6.45, 7) is -0.549. The molecule has 1 atom stereocenters. The Morgan fingerprint density at radius 2 is 1.93 bits per heavy atom. The molecule has 0 aromatic heterocycles. The van der Waals surface area contributed by atoms with Crippen molar-refractivity contribution in [2.24, 2.45) is 5.73 Å². The van der Waals surface area contributed by atoms with Crippen LogP contribution in [0.3, 0.4) is 0 Å². The average molecular weight is 249 g/mol. The van der Waals surface area contributed by atoms with Crippen LogP contribution in [-0.4, -0.2) is 45.4 Å². The quantitative estimate of drug-likeness (QED) is 0.689. The summed E-state index contributed by atoms with van der Waals surface area (Å²) in [5.74, 6) is -0.443. The van der Waals surface area contributed by atoms with Crippen molar-refractivity contribution < 1.29 is 26.3 Å². The zero-order chi connectivity index (χ0) is 12.1. The van der Waals surface area contributed by atoms with Crippen LogP contribution >= 0.6 is 0 Å². The van der Waals surface area contributed by atoms with E-state index >= 15 is 0 Å². The van der Waals surface area contributed by atoms with E-state index in [9.17, 15) is 21.6 Å². The number of ether oxygens (including phenoxy) is 1. The maximum Gasteiger partial charge on any atom is 0.411 e. The molecule has 1 unspecified atom stereocenters. The van der Waals surface area contributed by atoms with Gasteiger partial charge in [0.1, 0.15) is 6.61 Å². The molecule has 0 aliphatic rings. The molecule has 0 aromatic carbocycles. The molecule has 0 saturated heterocycles. The number of hydrogen-bond donors (Lipinski definition) is 1. The Labute approximate surface area is 86.5 Å². The highest BCUT2D eigenvalue weighted by Gasteiger charge is 2.28. The molecule has 92 valence electrons. The predicted octanol–water partition coefficient (Wildman–Crippen LogP) is 0.327. The third kappa shape index (κ3) is 6.69. The zero-order valence-corrected chi connectivity index (χ0v) is 9.07. The molecule has 15 heavy (non-hydrogen) atoms. The standard InChI is InChI=1S/C7H14F3NO3S/c1-6(4-11)15(12,13)3-2-14-5-7(8,9)10/h6H,2-5,11H2,1H3. The number of rotatable bonds is 6. The third-order valence-corrected chi connectivity index (χ3v) is 3.88. The van der Waals surface area contributed by atoms with E-state index in [1.807, 2.05) is 0 Å². The summed E-state index contributed by atoms with van der Waals surface area (Å²) < 4.78 is 61.5. The molecule has 2 N–H and O–H groups in total. The van der Waals surface area contributed by atoms with Crippen LogP contribution in [0.5, 0.6) is 0 Å². The second-order valence-electron chi connectivity index (χ2n) is 3.08. The first-order valence-electron chi connectivity index (χ1n) is 4.25. The second kappa shape index (κ2) is 5.66. The molecule has 0 fully saturated rings. The van der Waals surface area contributed by atoms with Crippen LogP contribution in [0.1, 0.15) is 6.92 Å². The van der Waals surface area contributed by atoms with Crippen molar-refractivity contribution >= 4 is 9.84 Å². The van der Waals surface area contributed by atoms with Gasteiger partial charge in [0.2, 0.25) is 0 Å². The Kier molecular flexibility index (Phi) is 5.54. The van der Waals surface area contributed by atoms with Crippen molar-refractivity contribution in [2.75, 3.05) is 25.5 Å². The molecule has 0 aromatic rings. The van der Waals surface area contributed by atoms with Crippen molar-refractivity contribution in [1.29, 1.82) is 0 Å². The van der Waals surface area contributed by atoms with Crippen molar-refractivity contribution in [1.82, 2.24) is 0 Å². The molecule has 8 heteroatoms. The molecular weight excluding hydrogens is 235 g/mol. The van der Waals surface area contributed by atoms with E-state index in [2.05, 4.69) is 4.74 Å². The Bertz CT molecular complexity index is 276. The monoisotopic (exact) mass is 249 g/mol. The summed E-state index contributed by atoms with van der Waals surface area (Å²) in [4.78, 5) is 0. The highest BCUT2D eigenvalue weighted by molar-refractivity contribution is 7.92. The molecule has 0 aliphatic carbocycles. The number of sulfone groups is 1. The summed E-state index contributed by atoms with van der Waals surface area (Å²) in [5.41, 5.74) is 5.13. The van der Waals surface area contributed by atoms with Gasteiger partial charge < -0.3 is 10.5 Å². The molecule has 0 amide bonds. The van der Waals surface area contributed by atoms with Gasteiger partial charge in [-0.1, -0.05) is 0 Å². The van der Waals surface area contributed by atoms with Crippen molar-refractivity contribution in [2.45, 2.75) is 18.3 Å². The molecule has 0 rings (SSSR count). The van der Waals surface area contributed by atoms with Gasteiger partial charge in [-0.15, -0.1) is 0 Å². The largest absolute Gasteiger partial charge is 0.411 e. The predicted molar refractivity (Wildman–Crippen MR) is 49.2 cm³/mol. The Morgan fingerprint density at radius 1 is 1.40 bits per heavy atom. The van der Waals surface area contributed by atoms with Crippen molar-refractivity contribution in [3.8, 4) is 0 Å². The Morgan fingerprint density at radius 3 is 2.33 bits per heavy atom. The first kappa shape index (κ1) is 14.7. The number of hydrogen-bond acceptors (Lipinski definition) is 4. The van der Waals surface area contributed by atoms with Crippen LogP contribution in [0.2, 0.25) is 0 Å². The van der Waals surface area contributed by atoms with E-state index in [-0.39, 0.29) is 6.54 Å². The molecule has 0 saturated carbocycles. The lowest BCUT2D eigenvalue weighted by Gasteiger charge is -2.11. The van der Waals surface area contributed by atoms with Gasteiger partial charge >= 0.3 is 6.18 Å². The van der Waals surface area contributed by atoms with Gasteiger partial charge in [0.05, 0.1) is 17.6 Å². The molecule has 0 aliphatic heterocycles. The maximum absolute atomic E-state index is 11.6. The maximum atomic E-state index is 11.6. The molecule has 0 bridgehead atoms. The summed E-state index contributed by atoms with van der Waals surface area (Å²) in [6.07, 6.45) is -4.43. The fraction of sp³-hybridized carbons (Fsp3) is 1.00. The third-order valence-electron chi connectivity index (χ3n) is 1.72. The number of nitrogens with two attached hydrogens (primary N) is 1. The van der Waals surface area contributed by atoms with Crippen LogP contribution in [0, 0.1) is 0 Å². The summed E-state index contributed by atoms with van der Waals surface area (Å²) >= 11 is 0. The van der Waals surface area contributed by atoms with Crippen LogP contribution in [0.25, 0.3) is 0 Å². The fourth-order valence-corrected chi connectivity index (χ4v) is 1.76. The summed E-state index contributed by atoms with van der Waals surface area (Å²) in [6, 6.07) is 0. The smallest absolute Gasteiger partial charge is 0.371 e. The minimum atomic E-state index is -4.43. The van der Waals surface area contributed by atoms with Crippen LogP contribution in [0.15, 0.2) is 0 Å². The summed E-state index contributed by atoms with van der Waals surface area (Å²) in [5, 5.41) is -0.757. The van der Waals surface area contributed by atoms with Gasteiger partial charge in [-0.05, 0) is 6.92 Å². The normalized spacial score (nSPS) is 15.3. The van der Waals surface area contributed by atoms with E-state index in [0.717, 1.165) is 0 Å². The summed E-state index contributed by atoms with van der Waals surface area (Å²) in [7, 11) is -3.45. The molecule has 4 nitrogen and oxygen atoms in total. The fourth-order valence-electron chi connectivity index (χ4n) is 0.711. The lowest BCUT2D eigenvalue weighted by atomic mass is 10.5. The molecule has 0 heterocycles. The van der Waals surface area contributed by atoms with Gasteiger partial charge in [-0.25, -0.2) is 8.42 Å². The topological polar surface area (TPSA) is 69.4 Å². The van der Waals surface area contributed by atoms with E-state index in [1.54, 1.807) is 0 Å². The average Bonchev–Trinajstić information content (AvgIpc) is 2.09. The second-order valence-corrected chi connectivity index (χ2v) is 5.62. The Hall–Kier alpha value is -0.340. The number of alkyl halides is 3. The minimum absolute atomic E-state index is 0.0540. The van der Waals surface area contributed by atoms with Crippen LogP contribution in [0.4, 0.5) is 13.2 Å². The molecular formula is C7H14F3NO3S. The highest BCUT2D eigenvalue weighted by atomic mass is 32.2. The minimum Gasteiger partial charge on any atom is -0.371 e. The van der Waals surface area contributed by atoms with Gasteiger partial charge in [-0.3, -0.25) is 0 Å². The molecule has 0 radical (unpaired) electrons. The number of halogens is 3. The lowest BCUT2D eigenvalue weighted by Crippen LogP contribution is -2.31. The van der Waals surface area contributed by atoms with Gasteiger partial charge in [0.15, 0.2) is 9.84 Å².